The maximum atomic E-state index is 10.6. The second-order valence-corrected chi connectivity index (χ2v) is 1.99. The molecule has 0 bridgehead atoms. The SMILES string of the molecule is CC(=O)[B]C(=O)N(C)C. The molecule has 0 aromatic heterocycles. The fourth-order valence-corrected chi connectivity index (χ4v) is 0.303. The number of carbonyl (C=O) groups is 2. The van der Waals surface area contributed by atoms with Crippen LogP contribution < -0.4 is 0 Å². The van der Waals surface area contributed by atoms with Gasteiger partial charge in [-0.15, -0.1) is 0 Å². The Bertz CT molecular complexity index is 133. The van der Waals surface area contributed by atoms with Gasteiger partial charge < -0.3 is 9.69 Å². The molecule has 0 fully saturated rings. The van der Waals surface area contributed by atoms with Gasteiger partial charge in [-0.05, 0) is 6.92 Å². The van der Waals surface area contributed by atoms with Crippen LogP contribution >= 0.6 is 0 Å². The highest BCUT2D eigenvalue weighted by Gasteiger charge is 2.08. The summed E-state index contributed by atoms with van der Waals surface area (Å²) in [6.07, 6.45) is 0. The average Bonchev–Trinajstić information content (AvgIpc) is 1.63. The van der Waals surface area contributed by atoms with E-state index in [1.807, 2.05) is 0 Å². The Morgan fingerprint density at radius 2 is 1.78 bits per heavy atom. The highest BCUT2D eigenvalue weighted by molar-refractivity contribution is 6.96. The minimum atomic E-state index is -0.262. The molecule has 0 rings (SSSR count). The zero-order valence-corrected chi connectivity index (χ0v) is 5.84. The molecule has 1 amide bonds. The van der Waals surface area contributed by atoms with Crippen LogP contribution in [0.1, 0.15) is 6.92 Å². The Labute approximate surface area is 55.3 Å². The Morgan fingerprint density at radius 3 is 1.89 bits per heavy atom. The molecular formula is C5H9BNO2. The van der Waals surface area contributed by atoms with Crippen LogP contribution in [0.2, 0.25) is 0 Å². The molecule has 0 N–H and O–H groups in total. The van der Waals surface area contributed by atoms with Crippen LogP contribution in [0, 0.1) is 0 Å². The number of rotatable bonds is 2. The monoisotopic (exact) mass is 126 g/mol. The Kier molecular flexibility index (Phi) is 2.98. The summed E-state index contributed by atoms with van der Waals surface area (Å²) in [5.41, 5.74) is -0.214. The van der Waals surface area contributed by atoms with Gasteiger partial charge in [-0.25, -0.2) is 0 Å². The van der Waals surface area contributed by atoms with Crippen molar-refractivity contribution in [1.29, 1.82) is 0 Å². The van der Waals surface area contributed by atoms with E-state index in [1.165, 1.54) is 11.8 Å². The maximum Gasteiger partial charge on any atom is 0.320 e. The highest BCUT2D eigenvalue weighted by atomic mass is 16.2. The van der Waals surface area contributed by atoms with E-state index in [-0.39, 0.29) is 11.5 Å². The van der Waals surface area contributed by atoms with E-state index in [0.717, 1.165) is 7.28 Å². The zero-order valence-electron chi connectivity index (χ0n) is 5.84. The topological polar surface area (TPSA) is 37.4 Å². The maximum absolute atomic E-state index is 10.6. The van der Waals surface area contributed by atoms with Gasteiger partial charge in [-0.2, -0.15) is 0 Å². The van der Waals surface area contributed by atoms with E-state index in [9.17, 15) is 9.59 Å². The molecular weight excluding hydrogens is 117 g/mol. The Morgan fingerprint density at radius 1 is 1.33 bits per heavy atom. The molecule has 0 aliphatic heterocycles. The number of amides is 1. The molecule has 0 saturated carbocycles. The van der Waals surface area contributed by atoms with Crippen LogP contribution in [-0.2, 0) is 4.79 Å². The van der Waals surface area contributed by atoms with Crippen molar-refractivity contribution in [2.45, 2.75) is 6.92 Å². The van der Waals surface area contributed by atoms with Crippen LogP contribution in [0.4, 0.5) is 4.79 Å². The van der Waals surface area contributed by atoms with Gasteiger partial charge >= 0.3 is 7.28 Å². The van der Waals surface area contributed by atoms with Crippen molar-refractivity contribution in [3.05, 3.63) is 0 Å². The molecule has 4 heteroatoms. The Hall–Kier alpha value is -0.795. The molecule has 0 atom stereocenters. The predicted molar refractivity (Wildman–Crippen MR) is 35.5 cm³/mol. The number of nitrogens with zero attached hydrogens (tertiary/aromatic N) is 1. The summed E-state index contributed by atoms with van der Waals surface area (Å²) < 4.78 is 0. The van der Waals surface area contributed by atoms with Gasteiger partial charge in [0.2, 0.25) is 0 Å². The largest absolute Gasteiger partial charge is 0.357 e. The van der Waals surface area contributed by atoms with Crippen molar-refractivity contribution in [1.82, 2.24) is 4.90 Å². The first kappa shape index (κ1) is 8.20. The van der Waals surface area contributed by atoms with Crippen molar-refractivity contribution in [2.24, 2.45) is 0 Å². The van der Waals surface area contributed by atoms with Gasteiger partial charge in [0.1, 0.15) is 0 Å². The van der Waals surface area contributed by atoms with E-state index in [4.69, 9.17) is 0 Å². The summed E-state index contributed by atoms with van der Waals surface area (Å²) in [6.45, 7) is 1.35. The molecule has 9 heavy (non-hydrogen) atoms. The van der Waals surface area contributed by atoms with E-state index in [0.29, 0.717) is 0 Å². The number of hydrogen-bond donors (Lipinski definition) is 0. The van der Waals surface area contributed by atoms with Crippen molar-refractivity contribution in [3.63, 3.8) is 0 Å². The molecule has 0 aliphatic carbocycles. The minimum absolute atomic E-state index is 0.214. The molecule has 0 saturated heterocycles. The van der Waals surface area contributed by atoms with Crippen LogP contribution in [-0.4, -0.2) is 37.8 Å². The van der Waals surface area contributed by atoms with Gasteiger partial charge in [0, 0.05) is 14.1 Å². The van der Waals surface area contributed by atoms with E-state index in [1.54, 1.807) is 14.1 Å². The van der Waals surface area contributed by atoms with Gasteiger partial charge in [0.15, 0.2) is 5.81 Å². The predicted octanol–water partition coefficient (Wildman–Crippen LogP) is -0.0813. The second-order valence-electron chi connectivity index (χ2n) is 1.99. The minimum Gasteiger partial charge on any atom is -0.357 e. The van der Waals surface area contributed by atoms with Crippen LogP contribution in [0.15, 0.2) is 0 Å². The molecule has 1 radical (unpaired) electrons. The average molecular weight is 126 g/mol. The molecule has 49 valence electrons. The molecule has 0 aromatic rings. The lowest BCUT2D eigenvalue weighted by atomic mass is 9.73. The first-order valence-electron chi connectivity index (χ1n) is 2.60. The van der Waals surface area contributed by atoms with Crippen LogP contribution in [0.25, 0.3) is 0 Å². The molecule has 0 unspecified atom stereocenters. The van der Waals surface area contributed by atoms with Gasteiger partial charge in [0.25, 0.3) is 0 Å². The van der Waals surface area contributed by atoms with E-state index < -0.39 is 0 Å². The quantitative estimate of drug-likeness (QED) is 0.485. The van der Waals surface area contributed by atoms with Crippen LogP contribution in [0.5, 0.6) is 0 Å². The summed E-state index contributed by atoms with van der Waals surface area (Å²) in [4.78, 5) is 22.2. The first-order valence-corrected chi connectivity index (χ1v) is 2.60. The van der Waals surface area contributed by atoms with Crippen molar-refractivity contribution < 1.29 is 9.59 Å². The van der Waals surface area contributed by atoms with Crippen molar-refractivity contribution >= 4 is 18.8 Å². The Balaban J connectivity index is 3.64. The standard InChI is InChI=1S/C5H9BNO2/c1-4(8)6-5(9)7(2)3/h1-3H3. The lowest BCUT2D eigenvalue weighted by molar-refractivity contribution is -0.110. The van der Waals surface area contributed by atoms with E-state index in [2.05, 4.69) is 0 Å². The molecule has 0 aliphatic rings. The highest BCUT2D eigenvalue weighted by Crippen LogP contribution is 1.79. The molecule has 0 spiro atoms. The summed E-state index contributed by atoms with van der Waals surface area (Å²) in [5.74, 6) is -0.262. The summed E-state index contributed by atoms with van der Waals surface area (Å²) in [6, 6.07) is 0. The van der Waals surface area contributed by atoms with Gasteiger partial charge in [-0.3, -0.25) is 4.79 Å². The summed E-state index contributed by atoms with van der Waals surface area (Å²) in [5, 5.41) is 0. The summed E-state index contributed by atoms with van der Waals surface area (Å²) in [7, 11) is 4.25. The molecule has 0 heterocycles. The first-order chi connectivity index (χ1) is 4.04. The van der Waals surface area contributed by atoms with Crippen molar-refractivity contribution in [2.75, 3.05) is 14.1 Å². The third-order valence-corrected chi connectivity index (χ3v) is 0.768. The molecule has 3 nitrogen and oxygen atoms in total. The third kappa shape index (κ3) is 3.76. The van der Waals surface area contributed by atoms with Gasteiger partial charge in [-0.1, -0.05) is 0 Å². The number of hydrogen-bond acceptors (Lipinski definition) is 2. The zero-order chi connectivity index (χ0) is 7.44. The van der Waals surface area contributed by atoms with E-state index >= 15 is 0 Å². The lowest BCUT2D eigenvalue weighted by Gasteiger charge is -2.06. The number of carbonyl (C=O) groups excluding carboxylic acids is 2. The fourth-order valence-electron chi connectivity index (χ4n) is 0.303. The third-order valence-electron chi connectivity index (χ3n) is 0.768. The fraction of sp³-hybridized carbons (Fsp3) is 0.600. The van der Waals surface area contributed by atoms with Crippen LogP contribution in [0.3, 0.4) is 0 Å². The summed E-state index contributed by atoms with van der Waals surface area (Å²) >= 11 is 0. The lowest BCUT2D eigenvalue weighted by Crippen LogP contribution is -2.29. The van der Waals surface area contributed by atoms with Crippen molar-refractivity contribution in [3.8, 4) is 0 Å². The normalized spacial score (nSPS) is 8.33. The second kappa shape index (κ2) is 3.27. The smallest absolute Gasteiger partial charge is 0.320 e. The molecule has 0 aromatic carbocycles. The van der Waals surface area contributed by atoms with Gasteiger partial charge in [0.05, 0.1) is 5.68 Å².